The second kappa shape index (κ2) is 6.57. The lowest BCUT2D eigenvalue weighted by molar-refractivity contribution is -0.354. The first kappa shape index (κ1) is 20.8. The number of halogens is 1. The first-order valence-electron chi connectivity index (χ1n) is 7.25. The van der Waals surface area contributed by atoms with E-state index < -0.39 is 25.9 Å². The first-order chi connectivity index (χ1) is 10.4. The standard InChI is InChI=1S/C15H27BrO6Si/c1-13(2,3)23(8,9)22-14(19-5)10(12(17)18-4)11(16)15(14,20-6)21-7/h1-9H3. The summed E-state index contributed by atoms with van der Waals surface area (Å²) in [5, 5.41) is -0.102. The van der Waals surface area contributed by atoms with E-state index in [1.807, 2.05) is 0 Å². The van der Waals surface area contributed by atoms with Gasteiger partial charge in [0.15, 0.2) is 8.32 Å². The Kier molecular flexibility index (Phi) is 5.94. The van der Waals surface area contributed by atoms with E-state index in [9.17, 15) is 4.79 Å². The van der Waals surface area contributed by atoms with Crippen molar-refractivity contribution in [2.45, 2.75) is 50.5 Å². The van der Waals surface area contributed by atoms with Crippen LogP contribution < -0.4 is 0 Å². The summed E-state index contributed by atoms with van der Waals surface area (Å²) in [6.07, 6.45) is 0. The van der Waals surface area contributed by atoms with Crippen molar-refractivity contribution in [2.75, 3.05) is 28.4 Å². The predicted octanol–water partition coefficient (Wildman–Crippen LogP) is 3.18. The maximum absolute atomic E-state index is 12.3. The molecule has 0 N–H and O–H groups in total. The molecule has 0 aliphatic heterocycles. The highest BCUT2D eigenvalue weighted by Gasteiger charge is 2.73. The van der Waals surface area contributed by atoms with Crippen molar-refractivity contribution in [3.63, 3.8) is 0 Å². The van der Waals surface area contributed by atoms with Crippen LogP contribution in [0.1, 0.15) is 20.8 Å². The summed E-state index contributed by atoms with van der Waals surface area (Å²) < 4.78 is 28.6. The zero-order chi connectivity index (χ0) is 18.3. The van der Waals surface area contributed by atoms with Crippen LogP contribution in [0.25, 0.3) is 0 Å². The quantitative estimate of drug-likeness (QED) is 0.380. The van der Waals surface area contributed by atoms with Gasteiger partial charge >= 0.3 is 5.97 Å². The van der Waals surface area contributed by atoms with Gasteiger partial charge in [-0.05, 0) is 34.1 Å². The first-order valence-corrected chi connectivity index (χ1v) is 11.0. The Bertz CT molecular complexity index is 507. The second-order valence-corrected chi connectivity index (χ2v) is 12.4. The lowest BCUT2D eigenvalue weighted by Crippen LogP contribution is -2.72. The lowest BCUT2D eigenvalue weighted by atomic mass is 9.83. The molecule has 6 nitrogen and oxygen atoms in total. The Balaban J connectivity index is 3.53. The molecule has 0 heterocycles. The molecule has 1 aliphatic rings. The highest BCUT2D eigenvalue weighted by Crippen LogP contribution is 2.58. The van der Waals surface area contributed by atoms with Gasteiger partial charge in [-0.25, -0.2) is 4.79 Å². The molecule has 0 aromatic rings. The fraction of sp³-hybridized carbons (Fsp3) is 0.800. The van der Waals surface area contributed by atoms with Crippen LogP contribution in [-0.4, -0.2) is 54.3 Å². The number of ether oxygens (including phenoxy) is 4. The molecule has 0 saturated carbocycles. The Morgan fingerprint density at radius 1 is 1.00 bits per heavy atom. The average Bonchev–Trinajstić information content (AvgIpc) is 2.46. The van der Waals surface area contributed by atoms with Crippen molar-refractivity contribution in [2.24, 2.45) is 0 Å². The number of hydrogen-bond acceptors (Lipinski definition) is 6. The topological polar surface area (TPSA) is 63.2 Å². The Hall–Kier alpha value is -0.253. The van der Waals surface area contributed by atoms with E-state index in [2.05, 4.69) is 49.8 Å². The summed E-state index contributed by atoms with van der Waals surface area (Å²) in [5.41, 5.74) is 0.219. The molecule has 1 aliphatic carbocycles. The summed E-state index contributed by atoms with van der Waals surface area (Å²) in [6.45, 7) is 10.4. The van der Waals surface area contributed by atoms with Gasteiger partial charge in [-0.2, -0.15) is 0 Å². The highest BCUT2D eigenvalue weighted by molar-refractivity contribution is 9.11. The van der Waals surface area contributed by atoms with Crippen LogP contribution >= 0.6 is 15.9 Å². The Morgan fingerprint density at radius 3 is 1.74 bits per heavy atom. The van der Waals surface area contributed by atoms with Crippen molar-refractivity contribution in [1.29, 1.82) is 0 Å². The van der Waals surface area contributed by atoms with Gasteiger partial charge in [0.2, 0.25) is 0 Å². The number of methoxy groups -OCH3 is 4. The molecular formula is C15H27BrO6Si. The number of carbonyl (C=O) groups is 1. The predicted molar refractivity (Wildman–Crippen MR) is 92.7 cm³/mol. The zero-order valence-electron chi connectivity index (χ0n) is 15.3. The van der Waals surface area contributed by atoms with Crippen LogP contribution in [0.4, 0.5) is 0 Å². The van der Waals surface area contributed by atoms with Crippen molar-refractivity contribution in [1.82, 2.24) is 0 Å². The number of carbonyl (C=O) groups excluding carboxylic acids is 1. The third kappa shape index (κ3) is 2.83. The van der Waals surface area contributed by atoms with Gasteiger partial charge < -0.3 is 23.4 Å². The molecule has 0 saturated heterocycles. The summed E-state index contributed by atoms with van der Waals surface area (Å²) in [5.74, 6) is -3.41. The molecule has 23 heavy (non-hydrogen) atoms. The van der Waals surface area contributed by atoms with Crippen LogP contribution in [0, 0.1) is 0 Å². The van der Waals surface area contributed by atoms with Gasteiger partial charge in [-0.15, -0.1) is 0 Å². The van der Waals surface area contributed by atoms with Crippen molar-refractivity contribution < 1.29 is 28.2 Å². The minimum absolute atomic E-state index is 0.102. The molecular weight excluding hydrogens is 384 g/mol. The molecule has 8 heteroatoms. The Labute approximate surface area is 147 Å². The van der Waals surface area contributed by atoms with E-state index in [0.29, 0.717) is 4.48 Å². The minimum Gasteiger partial charge on any atom is -0.465 e. The van der Waals surface area contributed by atoms with E-state index in [1.165, 1.54) is 28.4 Å². The molecule has 1 rings (SSSR count). The van der Waals surface area contributed by atoms with Gasteiger partial charge in [-0.1, -0.05) is 20.8 Å². The molecule has 1 unspecified atom stereocenters. The average molecular weight is 411 g/mol. The van der Waals surface area contributed by atoms with Crippen LogP contribution in [0.5, 0.6) is 0 Å². The summed E-state index contributed by atoms with van der Waals surface area (Å²) in [6, 6.07) is 0. The number of esters is 1. The molecule has 0 fully saturated rings. The molecule has 0 aromatic carbocycles. The highest BCUT2D eigenvalue weighted by atomic mass is 79.9. The Morgan fingerprint density at radius 2 is 1.43 bits per heavy atom. The van der Waals surface area contributed by atoms with Gasteiger partial charge in [0.25, 0.3) is 11.6 Å². The maximum Gasteiger partial charge on any atom is 0.340 e. The third-order valence-corrected chi connectivity index (χ3v) is 10.1. The van der Waals surface area contributed by atoms with Crippen molar-refractivity contribution >= 4 is 30.2 Å². The second-order valence-electron chi connectivity index (χ2n) is 6.89. The monoisotopic (exact) mass is 410 g/mol. The molecule has 1 atom stereocenters. The number of hydrogen-bond donors (Lipinski definition) is 0. The smallest absolute Gasteiger partial charge is 0.340 e. The van der Waals surface area contributed by atoms with Gasteiger partial charge in [0.05, 0.1) is 11.6 Å². The van der Waals surface area contributed by atoms with Gasteiger partial charge in [0, 0.05) is 21.3 Å². The molecule has 0 radical (unpaired) electrons. The fourth-order valence-corrected chi connectivity index (χ4v) is 4.67. The minimum atomic E-state index is -2.33. The molecule has 0 bridgehead atoms. The molecule has 0 spiro atoms. The SMILES string of the molecule is COC(=O)C1=C(Br)C(OC)(OC)C1(OC)O[Si](C)(C)C(C)(C)C. The van der Waals surface area contributed by atoms with E-state index in [0.717, 1.165) is 0 Å². The fourth-order valence-electron chi connectivity index (χ4n) is 2.32. The molecule has 0 aromatic heterocycles. The normalized spacial score (nSPS) is 24.4. The van der Waals surface area contributed by atoms with E-state index in [4.69, 9.17) is 23.4 Å². The maximum atomic E-state index is 12.3. The van der Waals surface area contributed by atoms with Gasteiger partial charge in [0.1, 0.15) is 5.57 Å². The summed E-state index contributed by atoms with van der Waals surface area (Å²) in [4.78, 5) is 12.3. The lowest BCUT2D eigenvalue weighted by Gasteiger charge is -2.57. The molecule has 134 valence electrons. The van der Waals surface area contributed by atoms with Crippen LogP contribution in [0.3, 0.4) is 0 Å². The van der Waals surface area contributed by atoms with Crippen LogP contribution in [-0.2, 0) is 28.2 Å². The van der Waals surface area contributed by atoms with E-state index >= 15 is 0 Å². The van der Waals surface area contributed by atoms with Crippen LogP contribution in [0.2, 0.25) is 18.1 Å². The van der Waals surface area contributed by atoms with Crippen LogP contribution in [0.15, 0.2) is 10.1 Å². The van der Waals surface area contributed by atoms with E-state index in [1.54, 1.807) is 0 Å². The zero-order valence-corrected chi connectivity index (χ0v) is 17.9. The summed E-state index contributed by atoms with van der Waals surface area (Å²) >= 11 is 3.37. The third-order valence-electron chi connectivity index (χ3n) is 4.73. The van der Waals surface area contributed by atoms with Crippen molar-refractivity contribution in [3.05, 3.63) is 10.1 Å². The van der Waals surface area contributed by atoms with E-state index in [-0.39, 0.29) is 10.6 Å². The number of rotatable bonds is 6. The molecule has 0 amide bonds. The largest absolute Gasteiger partial charge is 0.465 e. The summed E-state index contributed by atoms with van der Waals surface area (Å²) in [7, 11) is 3.39. The van der Waals surface area contributed by atoms with Crippen molar-refractivity contribution in [3.8, 4) is 0 Å². The van der Waals surface area contributed by atoms with Gasteiger partial charge in [-0.3, -0.25) is 0 Å².